The fourth-order valence-corrected chi connectivity index (χ4v) is 1.61. The van der Waals surface area contributed by atoms with Crippen LogP contribution in [0.5, 0.6) is 5.75 Å². The minimum Gasteiger partial charge on any atom is -0.481 e. The summed E-state index contributed by atoms with van der Waals surface area (Å²) >= 11 is 0. The van der Waals surface area contributed by atoms with Gasteiger partial charge in [-0.3, -0.25) is 4.79 Å². The van der Waals surface area contributed by atoms with Crippen molar-refractivity contribution in [2.75, 3.05) is 6.61 Å². The van der Waals surface area contributed by atoms with Gasteiger partial charge >= 0.3 is 5.97 Å². The standard InChI is InChI=1S/C15H14O5/c1-2-18-15(17)14-13(12(16)8-9-19-14)20-10-11-6-4-3-5-7-11/h3-9H,2,10H2,1H3. The summed E-state index contributed by atoms with van der Waals surface area (Å²) in [6, 6.07) is 10.5. The van der Waals surface area contributed by atoms with Gasteiger partial charge in [-0.2, -0.15) is 0 Å². The normalized spacial score (nSPS) is 10.1. The summed E-state index contributed by atoms with van der Waals surface area (Å²) in [6.07, 6.45) is 1.14. The molecule has 5 nitrogen and oxygen atoms in total. The molecule has 2 aromatic rings. The van der Waals surface area contributed by atoms with Crippen LogP contribution in [0.4, 0.5) is 0 Å². The molecule has 0 aliphatic rings. The Bertz CT molecular complexity index is 630. The van der Waals surface area contributed by atoms with Gasteiger partial charge < -0.3 is 13.9 Å². The largest absolute Gasteiger partial charge is 0.481 e. The Labute approximate surface area is 115 Å². The predicted octanol–water partition coefficient (Wildman–Crippen LogP) is 2.40. The van der Waals surface area contributed by atoms with Gasteiger partial charge in [0.05, 0.1) is 12.9 Å². The van der Waals surface area contributed by atoms with E-state index in [-0.39, 0.29) is 24.7 Å². The minimum atomic E-state index is -0.715. The number of esters is 1. The van der Waals surface area contributed by atoms with Gasteiger partial charge in [-0.1, -0.05) is 30.3 Å². The average Bonchev–Trinajstić information content (AvgIpc) is 2.47. The summed E-state index contributed by atoms with van der Waals surface area (Å²) in [6.45, 7) is 2.03. The Morgan fingerprint density at radius 2 is 1.95 bits per heavy atom. The van der Waals surface area contributed by atoms with Crippen molar-refractivity contribution >= 4 is 5.97 Å². The first-order valence-electron chi connectivity index (χ1n) is 6.18. The molecule has 104 valence electrons. The van der Waals surface area contributed by atoms with Crippen LogP contribution in [-0.4, -0.2) is 12.6 Å². The molecule has 0 N–H and O–H groups in total. The van der Waals surface area contributed by atoms with Gasteiger partial charge in [-0.15, -0.1) is 0 Å². The van der Waals surface area contributed by atoms with Gasteiger partial charge in [0.25, 0.3) is 5.76 Å². The van der Waals surface area contributed by atoms with Crippen LogP contribution < -0.4 is 10.2 Å². The monoisotopic (exact) mass is 274 g/mol. The second-order valence-electron chi connectivity index (χ2n) is 3.94. The molecule has 1 aromatic heterocycles. The van der Waals surface area contributed by atoms with Crippen LogP contribution >= 0.6 is 0 Å². The first-order valence-corrected chi connectivity index (χ1v) is 6.18. The van der Waals surface area contributed by atoms with E-state index in [1.54, 1.807) is 6.92 Å². The molecule has 5 heteroatoms. The molecule has 0 unspecified atom stereocenters. The van der Waals surface area contributed by atoms with Crippen molar-refractivity contribution < 1.29 is 18.7 Å². The number of carbonyl (C=O) groups is 1. The van der Waals surface area contributed by atoms with Gasteiger partial charge in [-0.05, 0) is 12.5 Å². The molecule has 0 spiro atoms. The second kappa shape index (κ2) is 6.56. The third-order valence-electron chi connectivity index (χ3n) is 2.52. The molecule has 0 aliphatic heterocycles. The van der Waals surface area contributed by atoms with Crippen molar-refractivity contribution in [3.63, 3.8) is 0 Å². The minimum absolute atomic E-state index is 0.130. The van der Waals surface area contributed by atoms with Crippen molar-refractivity contribution in [2.24, 2.45) is 0 Å². The zero-order valence-electron chi connectivity index (χ0n) is 11.0. The molecule has 0 aliphatic carbocycles. The fraction of sp³-hybridized carbons (Fsp3) is 0.200. The Morgan fingerprint density at radius 1 is 1.20 bits per heavy atom. The van der Waals surface area contributed by atoms with Crippen LogP contribution in [-0.2, 0) is 11.3 Å². The van der Waals surface area contributed by atoms with Crippen molar-refractivity contribution in [3.05, 3.63) is 64.2 Å². The summed E-state index contributed by atoms with van der Waals surface area (Å²) in [5.41, 5.74) is 0.459. The summed E-state index contributed by atoms with van der Waals surface area (Å²) in [5, 5.41) is 0. The highest BCUT2D eigenvalue weighted by molar-refractivity contribution is 5.89. The highest BCUT2D eigenvalue weighted by Crippen LogP contribution is 2.16. The zero-order valence-corrected chi connectivity index (χ0v) is 11.0. The summed E-state index contributed by atoms with van der Waals surface area (Å²) in [4.78, 5) is 23.5. The second-order valence-corrected chi connectivity index (χ2v) is 3.94. The van der Waals surface area contributed by atoms with E-state index in [9.17, 15) is 9.59 Å². The number of hydrogen-bond donors (Lipinski definition) is 0. The topological polar surface area (TPSA) is 65.7 Å². The van der Waals surface area contributed by atoms with Crippen LogP contribution in [0.15, 0.2) is 51.9 Å². The molecule has 0 saturated heterocycles. The van der Waals surface area contributed by atoms with E-state index in [4.69, 9.17) is 13.9 Å². The Hall–Kier alpha value is -2.56. The van der Waals surface area contributed by atoms with Crippen LogP contribution in [0.25, 0.3) is 0 Å². The highest BCUT2D eigenvalue weighted by atomic mass is 16.5. The van der Waals surface area contributed by atoms with E-state index in [2.05, 4.69) is 0 Å². The Morgan fingerprint density at radius 3 is 2.65 bits per heavy atom. The lowest BCUT2D eigenvalue weighted by atomic mass is 10.2. The first-order chi connectivity index (χ1) is 9.72. The molecule has 20 heavy (non-hydrogen) atoms. The lowest BCUT2D eigenvalue weighted by molar-refractivity contribution is 0.0478. The van der Waals surface area contributed by atoms with E-state index < -0.39 is 11.4 Å². The van der Waals surface area contributed by atoms with Gasteiger partial charge in [0.2, 0.25) is 11.2 Å². The van der Waals surface area contributed by atoms with Gasteiger partial charge in [-0.25, -0.2) is 4.79 Å². The fourth-order valence-electron chi connectivity index (χ4n) is 1.61. The molecule has 0 radical (unpaired) electrons. The van der Waals surface area contributed by atoms with Crippen molar-refractivity contribution in [2.45, 2.75) is 13.5 Å². The maximum atomic E-state index is 11.8. The van der Waals surface area contributed by atoms with Crippen LogP contribution in [0, 0.1) is 0 Å². The molecule has 1 heterocycles. The third-order valence-corrected chi connectivity index (χ3v) is 2.52. The SMILES string of the molecule is CCOC(=O)c1occc(=O)c1OCc1ccccc1. The molecule has 0 bridgehead atoms. The number of hydrogen-bond acceptors (Lipinski definition) is 5. The number of ether oxygens (including phenoxy) is 2. The van der Waals surface area contributed by atoms with E-state index >= 15 is 0 Å². The summed E-state index contributed by atoms with van der Waals surface area (Å²) in [7, 11) is 0. The smallest absolute Gasteiger partial charge is 0.378 e. The van der Waals surface area contributed by atoms with Crippen LogP contribution in [0.3, 0.4) is 0 Å². The molecule has 0 atom stereocenters. The third kappa shape index (κ3) is 3.26. The number of rotatable bonds is 5. The molecule has 1 aromatic carbocycles. The van der Waals surface area contributed by atoms with E-state index in [0.29, 0.717) is 0 Å². The molecular weight excluding hydrogens is 260 g/mol. The van der Waals surface area contributed by atoms with Crippen molar-refractivity contribution in [1.82, 2.24) is 0 Å². The summed E-state index contributed by atoms with van der Waals surface area (Å²) in [5.74, 6) is -1.06. The van der Waals surface area contributed by atoms with Crippen molar-refractivity contribution in [3.8, 4) is 5.75 Å². The quantitative estimate of drug-likeness (QED) is 0.783. The van der Waals surface area contributed by atoms with Gasteiger partial charge in [0.15, 0.2) is 0 Å². The van der Waals surface area contributed by atoms with Gasteiger partial charge in [0.1, 0.15) is 6.61 Å². The van der Waals surface area contributed by atoms with Crippen LogP contribution in [0.1, 0.15) is 23.0 Å². The lowest BCUT2D eigenvalue weighted by Crippen LogP contribution is -2.14. The molecule has 2 rings (SSSR count). The molecule has 0 saturated carbocycles. The molecule has 0 fully saturated rings. The lowest BCUT2D eigenvalue weighted by Gasteiger charge is -2.08. The van der Waals surface area contributed by atoms with Crippen LogP contribution in [0.2, 0.25) is 0 Å². The maximum Gasteiger partial charge on any atom is 0.378 e. The summed E-state index contributed by atoms with van der Waals surface area (Å²) < 4.78 is 15.3. The maximum absolute atomic E-state index is 11.8. The Kier molecular flexibility index (Phi) is 4.55. The van der Waals surface area contributed by atoms with E-state index in [1.807, 2.05) is 30.3 Å². The first kappa shape index (κ1) is 13.9. The predicted molar refractivity (Wildman–Crippen MR) is 71.7 cm³/mol. The molecular formula is C15H14O5. The average molecular weight is 274 g/mol. The Balaban J connectivity index is 2.22. The number of carbonyl (C=O) groups excluding carboxylic acids is 1. The van der Waals surface area contributed by atoms with E-state index in [1.165, 1.54) is 6.07 Å². The zero-order chi connectivity index (χ0) is 14.4. The van der Waals surface area contributed by atoms with Gasteiger partial charge in [0, 0.05) is 6.07 Å². The van der Waals surface area contributed by atoms with E-state index in [0.717, 1.165) is 11.8 Å². The number of benzene rings is 1. The molecule has 0 amide bonds. The van der Waals surface area contributed by atoms with Crippen molar-refractivity contribution in [1.29, 1.82) is 0 Å². The highest BCUT2D eigenvalue weighted by Gasteiger charge is 2.20.